The van der Waals surface area contributed by atoms with E-state index in [2.05, 4.69) is 127 Å². The van der Waals surface area contributed by atoms with Crippen LogP contribution in [0.15, 0.2) is 146 Å². The minimum atomic E-state index is 0.727. The Bertz CT molecular complexity index is 2210. The first-order valence-electron chi connectivity index (χ1n) is 13.6. The van der Waals surface area contributed by atoms with Gasteiger partial charge in [-0.15, -0.1) is 0 Å². The minimum Gasteiger partial charge on any atom is -0.228 e. The Kier molecular flexibility index (Phi) is 5.17. The summed E-state index contributed by atoms with van der Waals surface area (Å²) in [5, 5.41) is 9.80. The van der Waals surface area contributed by atoms with Crippen molar-refractivity contribution in [2.24, 2.45) is 0 Å². The van der Waals surface area contributed by atoms with Gasteiger partial charge in [-0.3, -0.25) is 0 Å². The van der Waals surface area contributed by atoms with Crippen molar-refractivity contribution in [3.63, 3.8) is 0 Å². The van der Waals surface area contributed by atoms with E-state index in [-0.39, 0.29) is 0 Å². The molecule has 0 amide bonds. The van der Waals surface area contributed by atoms with Crippen molar-refractivity contribution in [2.75, 3.05) is 0 Å². The molecular weight excluding hydrogens is 484 g/mol. The summed E-state index contributed by atoms with van der Waals surface area (Å²) in [5.41, 5.74) is 5.06. The van der Waals surface area contributed by atoms with Crippen LogP contribution < -0.4 is 0 Å². The van der Waals surface area contributed by atoms with Gasteiger partial charge in [-0.2, -0.15) is 0 Å². The highest BCUT2D eigenvalue weighted by atomic mass is 14.9. The van der Waals surface area contributed by atoms with E-state index in [0.717, 1.165) is 33.9 Å². The summed E-state index contributed by atoms with van der Waals surface area (Å²) in [6.07, 6.45) is 0. The molecule has 2 nitrogen and oxygen atoms in total. The molecule has 2 heteroatoms. The first-order chi connectivity index (χ1) is 19.8. The summed E-state index contributed by atoms with van der Waals surface area (Å²) in [4.78, 5) is 10.3. The molecule has 8 rings (SSSR count). The van der Waals surface area contributed by atoms with E-state index >= 15 is 0 Å². The predicted molar refractivity (Wildman–Crippen MR) is 168 cm³/mol. The van der Waals surface area contributed by atoms with Crippen LogP contribution in [0.2, 0.25) is 0 Å². The SMILES string of the molecule is c1ccc(-c2nc(-c3cccc4ccccc34)cc(-c3cccc4c3ccc3cc5ccccc5cc34)n2)cc1. The molecule has 0 fully saturated rings. The molecule has 0 saturated heterocycles. The van der Waals surface area contributed by atoms with Gasteiger partial charge in [0.1, 0.15) is 0 Å². The predicted octanol–water partition coefficient (Wildman–Crippen LogP) is 10.1. The molecule has 0 spiro atoms. The Labute approximate surface area is 232 Å². The molecule has 8 aromatic rings. The van der Waals surface area contributed by atoms with Crippen molar-refractivity contribution in [3.05, 3.63) is 146 Å². The zero-order chi connectivity index (χ0) is 26.5. The number of benzene rings is 7. The zero-order valence-electron chi connectivity index (χ0n) is 21.8. The lowest BCUT2D eigenvalue weighted by molar-refractivity contribution is 1.19. The van der Waals surface area contributed by atoms with Gasteiger partial charge >= 0.3 is 0 Å². The van der Waals surface area contributed by atoms with Crippen molar-refractivity contribution >= 4 is 43.1 Å². The van der Waals surface area contributed by atoms with Gasteiger partial charge < -0.3 is 0 Å². The second-order valence-electron chi connectivity index (χ2n) is 10.2. The number of aromatic nitrogens is 2. The molecule has 0 N–H and O–H groups in total. The molecule has 0 bridgehead atoms. The van der Waals surface area contributed by atoms with Crippen LogP contribution in [0.5, 0.6) is 0 Å². The van der Waals surface area contributed by atoms with E-state index in [0.29, 0.717) is 0 Å². The van der Waals surface area contributed by atoms with Crippen molar-refractivity contribution in [2.45, 2.75) is 0 Å². The summed E-state index contributed by atoms with van der Waals surface area (Å²) < 4.78 is 0. The molecule has 0 saturated carbocycles. The van der Waals surface area contributed by atoms with Gasteiger partial charge in [0.25, 0.3) is 0 Å². The van der Waals surface area contributed by atoms with Crippen molar-refractivity contribution in [1.82, 2.24) is 9.97 Å². The quantitative estimate of drug-likeness (QED) is 0.175. The monoisotopic (exact) mass is 508 g/mol. The van der Waals surface area contributed by atoms with Crippen LogP contribution in [-0.2, 0) is 0 Å². The third kappa shape index (κ3) is 3.73. The summed E-state index contributed by atoms with van der Waals surface area (Å²) in [6, 6.07) is 51.5. The molecule has 7 aromatic carbocycles. The molecular formula is C38H24N2. The van der Waals surface area contributed by atoms with Crippen LogP contribution in [0.1, 0.15) is 0 Å². The second kappa shape index (κ2) is 9.14. The number of hydrogen-bond donors (Lipinski definition) is 0. The van der Waals surface area contributed by atoms with Gasteiger partial charge in [0, 0.05) is 16.7 Å². The van der Waals surface area contributed by atoms with Gasteiger partial charge in [0.15, 0.2) is 5.82 Å². The molecule has 0 atom stereocenters. The Morgan fingerprint density at radius 2 is 0.925 bits per heavy atom. The van der Waals surface area contributed by atoms with Gasteiger partial charge in [0.2, 0.25) is 0 Å². The summed E-state index contributed by atoms with van der Waals surface area (Å²) in [7, 11) is 0. The first kappa shape index (κ1) is 22.6. The van der Waals surface area contributed by atoms with E-state index in [1.807, 2.05) is 18.2 Å². The zero-order valence-corrected chi connectivity index (χ0v) is 21.8. The maximum Gasteiger partial charge on any atom is 0.160 e. The normalized spacial score (nSPS) is 11.5. The molecule has 0 aliphatic carbocycles. The molecule has 1 heterocycles. The fourth-order valence-corrected chi connectivity index (χ4v) is 5.89. The topological polar surface area (TPSA) is 25.8 Å². The number of hydrogen-bond acceptors (Lipinski definition) is 2. The summed E-state index contributed by atoms with van der Waals surface area (Å²) in [5.74, 6) is 0.727. The molecule has 186 valence electrons. The third-order valence-corrected chi connectivity index (χ3v) is 7.84. The molecule has 0 radical (unpaired) electrons. The fourth-order valence-electron chi connectivity index (χ4n) is 5.89. The number of fused-ring (bicyclic) bond motifs is 5. The summed E-state index contributed by atoms with van der Waals surface area (Å²) >= 11 is 0. The largest absolute Gasteiger partial charge is 0.228 e. The average molecular weight is 509 g/mol. The Hall–Kier alpha value is -5.34. The second-order valence-corrected chi connectivity index (χ2v) is 10.2. The van der Waals surface area contributed by atoms with Crippen LogP contribution in [0.4, 0.5) is 0 Å². The molecule has 0 unspecified atom stereocenters. The lowest BCUT2D eigenvalue weighted by Gasteiger charge is -2.13. The Balaban J connectivity index is 1.41. The summed E-state index contributed by atoms with van der Waals surface area (Å²) in [6.45, 7) is 0. The van der Waals surface area contributed by atoms with Crippen LogP contribution in [-0.4, -0.2) is 9.97 Å². The number of rotatable bonds is 3. The number of nitrogens with zero attached hydrogens (tertiary/aromatic N) is 2. The van der Waals surface area contributed by atoms with Crippen molar-refractivity contribution in [1.29, 1.82) is 0 Å². The molecule has 0 aliphatic heterocycles. The highest BCUT2D eigenvalue weighted by molar-refractivity contribution is 6.15. The van der Waals surface area contributed by atoms with Gasteiger partial charge in [-0.25, -0.2) is 9.97 Å². The van der Waals surface area contributed by atoms with Gasteiger partial charge in [0.05, 0.1) is 11.4 Å². The molecule has 1 aromatic heterocycles. The third-order valence-electron chi connectivity index (χ3n) is 7.84. The van der Waals surface area contributed by atoms with Crippen LogP contribution in [0.25, 0.3) is 77.0 Å². The van der Waals surface area contributed by atoms with Gasteiger partial charge in [-0.05, 0) is 61.3 Å². The average Bonchev–Trinajstić information content (AvgIpc) is 3.03. The van der Waals surface area contributed by atoms with E-state index in [9.17, 15) is 0 Å². The van der Waals surface area contributed by atoms with E-state index < -0.39 is 0 Å². The van der Waals surface area contributed by atoms with E-state index in [1.54, 1.807) is 0 Å². The Morgan fingerprint density at radius 1 is 0.325 bits per heavy atom. The van der Waals surface area contributed by atoms with Crippen molar-refractivity contribution in [3.8, 4) is 33.9 Å². The van der Waals surface area contributed by atoms with Crippen LogP contribution >= 0.6 is 0 Å². The van der Waals surface area contributed by atoms with Gasteiger partial charge in [-0.1, -0.05) is 127 Å². The highest BCUT2D eigenvalue weighted by Crippen LogP contribution is 2.37. The lowest BCUT2D eigenvalue weighted by Crippen LogP contribution is -1.97. The maximum atomic E-state index is 5.15. The fraction of sp³-hybridized carbons (Fsp3) is 0. The van der Waals surface area contributed by atoms with Crippen LogP contribution in [0, 0.1) is 0 Å². The van der Waals surface area contributed by atoms with Crippen molar-refractivity contribution < 1.29 is 0 Å². The lowest BCUT2D eigenvalue weighted by atomic mass is 9.94. The smallest absolute Gasteiger partial charge is 0.160 e. The molecule has 0 aliphatic rings. The van der Waals surface area contributed by atoms with Crippen LogP contribution in [0.3, 0.4) is 0 Å². The standard InChI is InChI=1S/C38H24N2/c1-2-11-26(12-3-1)38-39-36(33-18-8-15-25-10-6-7-16-30(25)33)24-37(40-38)34-19-9-17-31-32(34)21-20-29-22-27-13-4-5-14-28(27)23-35(29)31/h1-24H. The minimum absolute atomic E-state index is 0.727. The molecule has 40 heavy (non-hydrogen) atoms. The van der Waals surface area contributed by atoms with E-state index in [4.69, 9.17) is 9.97 Å². The maximum absolute atomic E-state index is 5.15. The van der Waals surface area contributed by atoms with E-state index in [1.165, 1.54) is 43.1 Å². The first-order valence-corrected chi connectivity index (χ1v) is 13.6. The Morgan fingerprint density at radius 3 is 1.73 bits per heavy atom. The highest BCUT2D eigenvalue weighted by Gasteiger charge is 2.15.